The molecule has 0 heterocycles. The molecule has 2 aromatic carbocycles. The molecule has 3 N–H and O–H groups in total. The summed E-state index contributed by atoms with van der Waals surface area (Å²) in [5, 5.41) is 1.26. The molecule has 0 aliphatic rings. The van der Waals surface area contributed by atoms with E-state index >= 15 is 0 Å². The Morgan fingerprint density at radius 1 is 1.07 bits per heavy atom. The van der Waals surface area contributed by atoms with Crippen LogP contribution in [0.3, 0.4) is 0 Å². The highest BCUT2D eigenvalue weighted by molar-refractivity contribution is 7.88. The van der Waals surface area contributed by atoms with Crippen LogP contribution in [0, 0.1) is 0 Å². The molecule has 0 aromatic heterocycles. The molecular weight excluding hydrogens is 430 g/mol. The highest BCUT2D eigenvalue weighted by Crippen LogP contribution is 2.29. The van der Waals surface area contributed by atoms with Crippen molar-refractivity contribution in [2.45, 2.75) is 6.18 Å². The lowest BCUT2D eigenvalue weighted by Crippen LogP contribution is -2.11. The molecule has 0 atom stereocenters. The van der Waals surface area contributed by atoms with E-state index in [1.165, 1.54) is 12.1 Å². The van der Waals surface area contributed by atoms with Gasteiger partial charge in [-0.1, -0.05) is 35.3 Å². The maximum Gasteiger partial charge on any atom is 0.416 e. The maximum atomic E-state index is 12.1. The summed E-state index contributed by atoms with van der Waals surface area (Å²) in [4.78, 5) is 10.6. The van der Waals surface area contributed by atoms with Crippen LogP contribution >= 0.6 is 23.2 Å². The van der Waals surface area contributed by atoms with E-state index in [2.05, 4.69) is 0 Å². The lowest BCUT2D eigenvalue weighted by atomic mass is 10.1. The van der Waals surface area contributed by atoms with Crippen molar-refractivity contribution in [2.75, 3.05) is 0 Å². The third-order valence-electron chi connectivity index (χ3n) is 2.87. The Hall–Kier alpha value is -2.07. The molecule has 0 fully saturated rings. The first-order valence-corrected chi connectivity index (χ1v) is 9.13. The van der Waals surface area contributed by atoms with Crippen molar-refractivity contribution < 1.29 is 30.9 Å². The van der Waals surface area contributed by atoms with Gasteiger partial charge in [0, 0.05) is 5.02 Å². The highest BCUT2D eigenvalue weighted by atomic mass is 35.5. The molecule has 2 rings (SSSR count). The van der Waals surface area contributed by atoms with E-state index < -0.39 is 27.8 Å². The van der Waals surface area contributed by atoms with Crippen LogP contribution in [0.1, 0.15) is 21.5 Å². The fourth-order valence-corrected chi connectivity index (χ4v) is 2.47. The van der Waals surface area contributed by atoms with Crippen LogP contribution in [0.4, 0.5) is 13.2 Å². The molecule has 27 heavy (non-hydrogen) atoms. The predicted molar refractivity (Wildman–Crippen MR) is 97.0 cm³/mol. The minimum atomic E-state index is -4.43. The summed E-state index contributed by atoms with van der Waals surface area (Å²) in [5.74, 6) is -0.549. The van der Waals surface area contributed by atoms with E-state index in [0.29, 0.717) is 10.4 Å². The predicted octanol–water partition coefficient (Wildman–Crippen LogP) is 4.66. The number of rotatable bonds is 3. The van der Waals surface area contributed by atoms with E-state index in [1.54, 1.807) is 6.07 Å². The van der Waals surface area contributed by atoms with Gasteiger partial charge in [0.1, 0.15) is 0 Å². The standard InChI is InChI=1S/C9H7F3O3S.C7H5Cl2NO/c10-9(11,12)8-3-1-7(2-4-8)5-6-16(13,14)15;8-4-1-2-5(7(10)11)6(9)3-4/h1-6H,(H,13,14,15);1-3H,(H2,10,11)/b6-5+;. The van der Waals surface area contributed by atoms with Crippen molar-refractivity contribution in [2.24, 2.45) is 5.73 Å². The van der Waals surface area contributed by atoms with Gasteiger partial charge in [-0.25, -0.2) is 0 Å². The van der Waals surface area contributed by atoms with E-state index in [4.69, 9.17) is 33.5 Å². The van der Waals surface area contributed by atoms with Gasteiger partial charge in [0.05, 0.1) is 21.6 Å². The Balaban J connectivity index is 0.000000289. The van der Waals surface area contributed by atoms with Gasteiger partial charge in [-0.2, -0.15) is 21.6 Å². The SMILES string of the molecule is NC(=O)c1ccc(Cl)cc1Cl.O=S(=O)(O)/C=C/c1ccc(C(F)(F)F)cc1. The smallest absolute Gasteiger partial charge is 0.366 e. The van der Waals surface area contributed by atoms with Gasteiger partial charge in [0.15, 0.2) is 0 Å². The average Bonchev–Trinajstić information content (AvgIpc) is 2.52. The Morgan fingerprint density at radius 2 is 1.63 bits per heavy atom. The Bertz CT molecular complexity index is 943. The lowest BCUT2D eigenvalue weighted by Gasteiger charge is -2.05. The Morgan fingerprint density at radius 3 is 2.04 bits per heavy atom. The van der Waals surface area contributed by atoms with Gasteiger partial charge in [-0.15, -0.1) is 0 Å². The fourth-order valence-electron chi connectivity index (χ4n) is 1.64. The summed E-state index contributed by atoms with van der Waals surface area (Å²) in [7, 11) is -4.26. The minimum Gasteiger partial charge on any atom is -0.366 e. The number of carbonyl (C=O) groups is 1. The number of primary amides is 1. The molecule has 0 aliphatic carbocycles. The zero-order valence-corrected chi connectivity index (χ0v) is 15.6. The van der Waals surface area contributed by atoms with Gasteiger partial charge < -0.3 is 5.73 Å². The van der Waals surface area contributed by atoms with Crippen molar-refractivity contribution in [3.8, 4) is 0 Å². The summed E-state index contributed by atoms with van der Waals surface area (Å²) in [6, 6.07) is 8.38. The van der Waals surface area contributed by atoms with E-state index in [9.17, 15) is 26.4 Å². The van der Waals surface area contributed by atoms with Crippen LogP contribution in [0.2, 0.25) is 10.0 Å². The largest absolute Gasteiger partial charge is 0.416 e. The number of carbonyl (C=O) groups excluding carboxylic acids is 1. The molecule has 1 amide bonds. The van der Waals surface area contributed by atoms with Crippen molar-refractivity contribution in [3.05, 3.63) is 74.6 Å². The molecule has 0 aliphatic heterocycles. The van der Waals surface area contributed by atoms with Crippen LogP contribution in [0.5, 0.6) is 0 Å². The third kappa shape index (κ3) is 8.44. The maximum absolute atomic E-state index is 12.1. The van der Waals surface area contributed by atoms with E-state index in [0.717, 1.165) is 30.3 Å². The molecule has 0 radical (unpaired) electrons. The summed E-state index contributed by atoms with van der Waals surface area (Å²) in [6.07, 6.45) is -3.43. The van der Waals surface area contributed by atoms with E-state index in [-0.39, 0.29) is 16.1 Å². The Labute approximate surface area is 162 Å². The van der Waals surface area contributed by atoms with Crippen LogP contribution in [-0.2, 0) is 16.3 Å². The second kappa shape index (κ2) is 9.23. The third-order valence-corrected chi connectivity index (χ3v) is 3.89. The first-order valence-electron chi connectivity index (χ1n) is 6.87. The van der Waals surface area contributed by atoms with Crippen molar-refractivity contribution >= 4 is 45.3 Å². The average molecular weight is 442 g/mol. The summed E-state index contributed by atoms with van der Waals surface area (Å²) in [5.41, 5.74) is 4.70. The lowest BCUT2D eigenvalue weighted by molar-refractivity contribution is -0.137. The molecule has 0 saturated carbocycles. The number of halogens is 5. The normalized spacial score (nSPS) is 11.8. The number of nitrogens with two attached hydrogens (primary N) is 1. The number of benzene rings is 2. The number of amides is 1. The van der Waals surface area contributed by atoms with Crippen LogP contribution in [-0.4, -0.2) is 18.9 Å². The zero-order valence-electron chi connectivity index (χ0n) is 13.2. The van der Waals surface area contributed by atoms with Crippen molar-refractivity contribution in [1.82, 2.24) is 0 Å². The monoisotopic (exact) mass is 441 g/mol. The zero-order chi connectivity index (χ0) is 20.8. The number of hydrogen-bond donors (Lipinski definition) is 2. The second-order valence-electron chi connectivity index (χ2n) is 4.93. The quantitative estimate of drug-likeness (QED) is 0.676. The summed E-state index contributed by atoms with van der Waals surface area (Å²) in [6.45, 7) is 0. The molecule has 0 saturated heterocycles. The topological polar surface area (TPSA) is 97.5 Å². The molecule has 2 aromatic rings. The van der Waals surface area contributed by atoms with Gasteiger partial charge in [0.25, 0.3) is 10.1 Å². The highest BCUT2D eigenvalue weighted by Gasteiger charge is 2.29. The first-order chi connectivity index (χ1) is 12.3. The summed E-state index contributed by atoms with van der Waals surface area (Å²) < 4.78 is 65.4. The van der Waals surface area contributed by atoms with Crippen molar-refractivity contribution in [1.29, 1.82) is 0 Å². The molecule has 146 valence electrons. The van der Waals surface area contributed by atoms with Gasteiger partial charge >= 0.3 is 6.18 Å². The molecule has 11 heteroatoms. The molecule has 5 nitrogen and oxygen atoms in total. The van der Waals surface area contributed by atoms with E-state index in [1.807, 2.05) is 0 Å². The van der Waals surface area contributed by atoms with Gasteiger partial charge in [-0.3, -0.25) is 9.35 Å². The minimum absolute atomic E-state index is 0.241. The number of hydrogen-bond acceptors (Lipinski definition) is 3. The molecule has 0 spiro atoms. The van der Waals surface area contributed by atoms with Crippen LogP contribution < -0.4 is 5.73 Å². The fraction of sp³-hybridized carbons (Fsp3) is 0.0625. The molecule has 0 bridgehead atoms. The van der Waals surface area contributed by atoms with Gasteiger partial charge in [0.2, 0.25) is 5.91 Å². The van der Waals surface area contributed by atoms with Crippen LogP contribution in [0.25, 0.3) is 6.08 Å². The molecular formula is C16H12Cl2F3NO4S. The first kappa shape index (κ1) is 23.0. The Kier molecular flexibility index (Phi) is 7.85. The van der Waals surface area contributed by atoms with Crippen molar-refractivity contribution in [3.63, 3.8) is 0 Å². The second-order valence-corrected chi connectivity index (χ2v) is 7.07. The van der Waals surface area contributed by atoms with Crippen LogP contribution in [0.15, 0.2) is 47.9 Å². The van der Waals surface area contributed by atoms with Gasteiger partial charge in [-0.05, 0) is 42.0 Å². The number of alkyl halides is 3. The molecule has 0 unspecified atom stereocenters. The summed E-state index contributed by atoms with van der Waals surface area (Å²) >= 11 is 11.2.